The Bertz CT molecular complexity index is 837. The molecular formula is C27H35NO3. The van der Waals surface area contributed by atoms with Crippen molar-refractivity contribution in [3.63, 3.8) is 0 Å². The molecule has 0 radical (unpaired) electrons. The van der Waals surface area contributed by atoms with Gasteiger partial charge in [0.2, 0.25) is 5.91 Å². The minimum Gasteiger partial charge on any atom is -0.478 e. The Labute approximate surface area is 187 Å². The van der Waals surface area contributed by atoms with Crippen LogP contribution in [-0.4, -0.2) is 34.5 Å². The smallest absolute Gasteiger partial charge is 0.335 e. The van der Waals surface area contributed by atoms with Crippen molar-refractivity contribution in [2.75, 3.05) is 6.54 Å². The van der Waals surface area contributed by atoms with E-state index in [1.807, 2.05) is 17.0 Å². The molecule has 1 aliphatic rings. The van der Waals surface area contributed by atoms with Crippen molar-refractivity contribution in [2.24, 2.45) is 0 Å². The summed E-state index contributed by atoms with van der Waals surface area (Å²) in [6.07, 6.45) is 13.6. The molecule has 1 atom stereocenters. The molecule has 1 aromatic rings. The van der Waals surface area contributed by atoms with Gasteiger partial charge in [-0.2, -0.15) is 0 Å². The average Bonchev–Trinajstić information content (AvgIpc) is 3.10. The van der Waals surface area contributed by atoms with Gasteiger partial charge in [-0.25, -0.2) is 4.79 Å². The highest BCUT2D eigenvalue weighted by Crippen LogP contribution is 2.21. The number of carbonyl (C=O) groups is 2. The molecule has 1 aromatic carbocycles. The van der Waals surface area contributed by atoms with Crippen molar-refractivity contribution in [3.05, 3.63) is 71.8 Å². The summed E-state index contributed by atoms with van der Waals surface area (Å²) in [7, 11) is 0. The Morgan fingerprint density at radius 1 is 1.32 bits per heavy atom. The Morgan fingerprint density at radius 3 is 2.58 bits per heavy atom. The molecule has 4 heteroatoms. The summed E-state index contributed by atoms with van der Waals surface area (Å²) in [6, 6.07) is 7.09. The third-order valence-corrected chi connectivity index (χ3v) is 5.08. The van der Waals surface area contributed by atoms with Gasteiger partial charge in [-0.3, -0.25) is 4.79 Å². The summed E-state index contributed by atoms with van der Waals surface area (Å²) in [5.41, 5.74) is 2.76. The minimum absolute atomic E-state index is 0.191. The second kappa shape index (κ2) is 14.8. The third-order valence-electron chi connectivity index (χ3n) is 5.08. The topological polar surface area (TPSA) is 57.6 Å². The molecular weight excluding hydrogens is 386 g/mol. The van der Waals surface area contributed by atoms with Gasteiger partial charge in [0.15, 0.2) is 0 Å². The lowest BCUT2D eigenvalue weighted by Gasteiger charge is -2.22. The molecule has 1 heterocycles. The number of nitrogens with zero attached hydrogens (tertiary/aromatic N) is 1. The first kappa shape index (κ1) is 26.0. The zero-order valence-electron chi connectivity index (χ0n) is 19.1. The van der Waals surface area contributed by atoms with E-state index in [9.17, 15) is 9.59 Å². The lowest BCUT2D eigenvalue weighted by atomic mass is 10.1. The highest BCUT2D eigenvalue weighted by atomic mass is 16.4. The predicted molar refractivity (Wildman–Crippen MR) is 128 cm³/mol. The number of amides is 1. The van der Waals surface area contributed by atoms with E-state index in [-0.39, 0.29) is 11.9 Å². The summed E-state index contributed by atoms with van der Waals surface area (Å²) in [5, 5.41) is 8.95. The normalized spacial score (nSPS) is 15.8. The molecule has 0 saturated carbocycles. The van der Waals surface area contributed by atoms with Crippen molar-refractivity contribution in [1.82, 2.24) is 4.90 Å². The van der Waals surface area contributed by atoms with Crippen LogP contribution in [0.5, 0.6) is 0 Å². The standard InChI is InChI=1S/C22H29NO3.C5H6/c1-3-6-17(2)7-4-5-8-20-13-14-21(24)23(20)16-15-18-9-11-19(12-10-18)22(25)26;1-3-5-4-2/h5-6,8-12,20H,3-4,7,13-16H2,1-2H3,(H,25,26);3H,1H2,2H3/b8-5+,17-6+;. The van der Waals surface area contributed by atoms with E-state index in [1.165, 1.54) is 5.57 Å². The summed E-state index contributed by atoms with van der Waals surface area (Å²) in [6.45, 7) is 10.1. The van der Waals surface area contributed by atoms with E-state index in [2.05, 4.69) is 50.5 Å². The van der Waals surface area contributed by atoms with Gasteiger partial charge in [0, 0.05) is 13.0 Å². The quantitative estimate of drug-likeness (QED) is 0.404. The van der Waals surface area contributed by atoms with E-state index >= 15 is 0 Å². The molecule has 1 unspecified atom stereocenters. The monoisotopic (exact) mass is 421 g/mol. The van der Waals surface area contributed by atoms with Gasteiger partial charge in [-0.1, -0.05) is 55.4 Å². The largest absolute Gasteiger partial charge is 0.478 e. The number of carboxylic acid groups (broad SMARTS) is 1. The molecule has 1 aliphatic heterocycles. The number of hydrogen-bond donors (Lipinski definition) is 1. The molecule has 31 heavy (non-hydrogen) atoms. The van der Waals surface area contributed by atoms with E-state index in [4.69, 9.17) is 5.11 Å². The van der Waals surface area contributed by atoms with Crippen LogP contribution in [0, 0.1) is 11.8 Å². The van der Waals surface area contributed by atoms with E-state index in [0.717, 1.165) is 37.7 Å². The number of benzene rings is 1. The van der Waals surface area contributed by atoms with Crippen LogP contribution in [0.3, 0.4) is 0 Å². The molecule has 166 valence electrons. The number of likely N-dealkylation sites (tertiary alicyclic amines) is 1. The lowest BCUT2D eigenvalue weighted by molar-refractivity contribution is -0.128. The summed E-state index contributed by atoms with van der Waals surface area (Å²) in [4.78, 5) is 25.0. The van der Waals surface area contributed by atoms with Gasteiger partial charge in [0.25, 0.3) is 0 Å². The maximum atomic E-state index is 12.2. The maximum Gasteiger partial charge on any atom is 0.335 e. The van der Waals surface area contributed by atoms with Crippen LogP contribution < -0.4 is 0 Å². The first-order chi connectivity index (χ1) is 14.9. The number of rotatable bonds is 9. The first-order valence-electron chi connectivity index (χ1n) is 10.9. The Hall–Kier alpha value is -3.06. The summed E-state index contributed by atoms with van der Waals surface area (Å²) < 4.78 is 0. The van der Waals surface area contributed by atoms with E-state index in [1.54, 1.807) is 25.1 Å². The van der Waals surface area contributed by atoms with Gasteiger partial charge in [-0.05, 0) is 69.7 Å². The zero-order chi connectivity index (χ0) is 23.1. The van der Waals surface area contributed by atoms with Gasteiger partial charge in [0.1, 0.15) is 0 Å². The van der Waals surface area contributed by atoms with Crippen LogP contribution in [-0.2, 0) is 11.2 Å². The second-order valence-electron chi connectivity index (χ2n) is 7.47. The average molecular weight is 422 g/mol. The third kappa shape index (κ3) is 10.00. The second-order valence-corrected chi connectivity index (χ2v) is 7.47. The molecule has 2 rings (SSSR count). The molecule has 0 aromatic heterocycles. The van der Waals surface area contributed by atoms with Crippen molar-refractivity contribution >= 4 is 11.9 Å². The molecule has 1 fully saturated rings. The number of carbonyl (C=O) groups excluding carboxylic acids is 1. The fraction of sp³-hybridized carbons (Fsp3) is 0.407. The van der Waals surface area contributed by atoms with Gasteiger partial charge in [-0.15, -0.1) is 5.92 Å². The van der Waals surface area contributed by atoms with Crippen LogP contribution in [0.15, 0.2) is 60.7 Å². The van der Waals surface area contributed by atoms with Crippen molar-refractivity contribution in [3.8, 4) is 11.8 Å². The van der Waals surface area contributed by atoms with Gasteiger partial charge < -0.3 is 10.0 Å². The summed E-state index contributed by atoms with van der Waals surface area (Å²) in [5.74, 6) is 4.57. The fourth-order valence-corrected chi connectivity index (χ4v) is 3.43. The zero-order valence-corrected chi connectivity index (χ0v) is 19.1. The predicted octanol–water partition coefficient (Wildman–Crippen LogP) is 5.81. The van der Waals surface area contributed by atoms with E-state index in [0.29, 0.717) is 18.5 Å². The van der Waals surface area contributed by atoms with Crippen molar-refractivity contribution in [1.29, 1.82) is 0 Å². The lowest BCUT2D eigenvalue weighted by Crippen LogP contribution is -2.33. The molecule has 0 spiro atoms. The SMILES string of the molecule is C=CC#CC.CC/C=C(\C)CC/C=C/C1CCC(=O)N1CCc1ccc(C(=O)O)cc1. The number of hydrogen-bond acceptors (Lipinski definition) is 2. The highest BCUT2D eigenvalue weighted by Gasteiger charge is 2.28. The van der Waals surface area contributed by atoms with Crippen LogP contribution in [0.4, 0.5) is 0 Å². The molecule has 1 amide bonds. The Kier molecular flexibility index (Phi) is 12.4. The highest BCUT2D eigenvalue weighted by molar-refractivity contribution is 5.87. The van der Waals surface area contributed by atoms with Gasteiger partial charge in [0.05, 0.1) is 11.6 Å². The van der Waals surface area contributed by atoms with Crippen molar-refractivity contribution in [2.45, 2.75) is 65.3 Å². The molecule has 0 aliphatic carbocycles. The fourth-order valence-electron chi connectivity index (χ4n) is 3.43. The van der Waals surface area contributed by atoms with Crippen LogP contribution >= 0.6 is 0 Å². The molecule has 0 bridgehead atoms. The number of carboxylic acids is 1. The maximum absolute atomic E-state index is 12.2. The molecule has 4 nitrogen and oxygen atoms in total. The Morgan fingerprint density at radius 2 is 2.03 bits per heavy atom. The number of aromatic carboxylic acids is 1. The number of allylic oxidation sites excluding steroid dienone is 4. The minimum atomic E-state index is -0.916. The van der Waals surface area contributed by atoms with Crippen LogP contribution in [0.1, 0.15) is 68.8 Å². The van der Waals surface area contributed by atoms with E-state index < -0.39 is 5.97 Å². The van der Waals surface area contributed by atoms with Crippen LogP contribution in [0.25, 0.3) is 0 Å². The summed E-state index contributed by atoms with van der Waals surface area (Å²) >= 11 is 0. The Balaban J connectivity index is 0.000000861. The van der Waals surface area contributed by atoms with Crippen LogP contribution in [0.2, 0.25) is 0 Å². The first-order valence-corrected chi connectivity index (χ1v) is 10.9. The molecule has 1 N–H and O–H groups in total. The van der Waals surface area contributed by atoms with Gasteiger partial charge >= 0.3 is 5.97 Å². The van der Waals surface area contributed by atoms with Crippen molar-refractivity contribution < 1.29 is 14.7 Å². The molecule has 1 saturated heterocycles.